The molecule has 0 N–H and O–H groups in total. The SMILES string of the molecule is Cc1ccn2cc(CC(=O)OC(C)(C)C)nc2c1. The van der Waals surface area contributed by atoms with Gasteiger partial charge in [0.2, 0.25) is 0 Å². The van der Waals surface area contributed by atoms with Crippen molar-refractivity contribution in [3.05, 3.63) is 35.8 Å². The normalized spacial score (nSPS) is 11.8. The fourth-order valence-electron chi connectivity index (χ4n) is 1.75. The number of aryl methyl sites for hydroxylation is 1. The van der Waals surface area contributed by atoms with Crippen LogP contribution in [0.4, 0.5) is 0 Å². The van der Waals surface area contributed by atoms with Gasteiger partial charge < -0.3 is 9.14 Å². The first kappa shape index (κ1) is 12.6. The molecule has 18 heavy (non-hydrogen) atoms. The Morgan fingerprint density at radius 2 is 2.17 bits per heavy atom. The predicted octanol–water partition coefficient (Wildman–Crippen LogP) is 2.53. The fourth-order valence-corrected chi connectivity index (χ4v) is 1.75. The van der Waals surface area contributed by atoms with Gasteiger partial charge in [0.25, 0.3) is 0 Å². The van der Waals surface area contributed by atoms with Gasteiger partial charge in [-0.1, -0.05) is 0 Å². The standard InChI is InChI=1S/C14H18N2O2/c1-10-5-6-16-9-11(15-12(16)7-10)8-13(17)18-14(2,3)4/h5-7,9H,8H2,1-4H3. The predicted molar refractivity (Wildman–Crippen MR) is 69.5 cm³/mol. The number of aromatic nitrogens is 2. The van der Waals surface area contributed by atoms with Gasteiger partial charge in [0.15, 0.2) is 0 Å². The van der Waals surface area contributed by atoms with Gasteiger partial charge in [-0.3, -0.25) is 4.79 Å². The third-order valence-electron chi connectivity index (χ3n) is 2.41. The number of hydrogen-bond donors (Lipinski definition) is 0. The molecule has 0 aromatic carbocycles. The van der Waals surface area contributed by atoms with Gasteiger partial charge >= 0.3 is 5.97 Å². The van der Waals surface area contributed by atoms with Crippen molar-refractivity contribution in [3.8, 4) is 0 Å². The molecule has 0 fully saturated rings. The maximum atomic E-state index is 11.7. The first-order chi connectivity index (χ1) is 8.33. The van der Waals surface area contributed by atoms with E-state index >= 15 is 0 Å². The molecular weight excluding hydrogens is 228 g/mol. The van der Waals surface area contributed by atoms with E-state index in [-0.39, 0.29) is 12.4 Å². The molecule has 0 spiro atoms. The first-order valence-corrected chi connectivity index (χ1v) is 5.99. The highest BCUT2D eigenvalue weighted by atomic mass is 16.6. The Hall–Kier alpha value is -1.84. The summed E-state index contributed by atoms with van der Waals surface area (Å²) in [5.41, 5.74) is 2.28. The molecule has 2 aromatic rings. The Balaban J connectivity index is 2.15. The van der Waals surface area contributed by atoms with Crippen LogP contribution in [0.1, 0.15) is 32.0 Å². The minimum Gasteiger partial charge on any atom is -0.460 e. The van der Waals surface area contributed by atoms with E-state index in [1.54, 1.807) is 0 Å². The second-order valence-corrected chi connectivity index (χ2v) is 5.47. The van der Waals surface area contributed by atoms with Gasteiger partial charge in [-0.05, 0) is 45.4 Å². The summed E-state index contributed by atoms with van der Waals surface area (Å²) in [5, 5.41) is 0. The van der Waals surface area contributed by atoms with Gasteiger partial charge in [-0.25, -0.2) is 4.98 Å². The van der Waals surface area contributed by atoms with Crippen molar-refractivity contribution in [1.82, 2.24) is 9.38 Å². The van der Waals surface area contributed by atoms with Gasteiger partial charge in [0.1, 0.15) is 11.2 Å². The second kappa shape index (κ2) is 4.44. The minimum absolute atomic E-state index is 0.206. The molecule has 0 amide bonds. The van der Waals surface area contributed by atoms with Crippen molar-refractivity contribution in [1.29, 1.82) is 0 Å². The van der Waals surface area contributed by atoms with E-state index in [0.29, 0.717) is 0 Å². The van der Waals surface area contributed by atoms with Crippen LogP contribution in [0.25, 0.3) is 5.65 Å². The lowest BCUT2D eigenvalue weighted by Crippen LogP contribution is -2.24. The van der Waals surface area contributed by atoms with Crippen LogP contribution in [0.15, 0.2) is 24.5 Å². The number of rotatable bonds is 2. The minimum atomic E-state index is -0.452. The van der Waals surface area contributed by atoms with E-state index in [2.05, 4.69) is 4.98 Å². The van der Waals surface area contributed by atoms with Crippen molar-refractivity contribution >= 4 is 11.6 Å². The molecule has 0 saturated heterocycles. The molecule has 2 rings (SSSR count). The van der Waals surface area contributed by atoms with Crippen molar-refractivity contribution in [2.45, 2.75) is 39.7 Å². The number of esters is 1. The molecule has 4 heteroatoms. The van der Waals surface area contributed by atoms with E-state index in [0.717, 1.165) is 16.9 Å². The molecule has 2 heterocycles. The monoisotopic (exact) mass is 246 g/mol. The molecule has 4 nitrogen and oxygen atoms in total. The third kappa shape index (κ3) is 3.09. The summed E-state index contributed by atoms with van der Waals surface area (Å²) >= 11 is 0. The molecule has 0 radical (unpaired) electrons. The number of hydrogen-bond acceptors (Lipinski definition) is 3. The van der Waals surface area contributed by atoms with Crippen LogP contribution in [-0.2, 0) is 16.0 Å². The number of ether oxygens (including phenoxy) is 1. The molecule has 0 aliphatic rings. The molecule has 0 aliphatic carbocycles. The van der Waals surface area contributed by atoms with Gasteiger partial charge in [0.05, 0.1) is 12.1 Å². The highest BCUT2D eigenvalue weighted by Gasteiger charge is 2.17. The Bertz CT molecular complexity index is 579. The highest BCUT2D eigenvalue weighted by molar-refractivity contribution is 5.72. The van der Waals surface area contributed by atoms with Crippen LogP contribution < -0.4 is 0 Å². The summed E-state index contributed by atoms with van der Waals surface area (Å²) in [4.78, 5) is 16.1. The number of nitrogens with zero attached hydrogens (tertiary/aromatic N) is 2. The highest BCUT2D eigenvalue weighted by Crippen LogP contribution is 2.11. The second-order valence-electron chi connectivity index (χ2n) is 5.47. The molecule has 0 aliphatic heterocycles. The van der Waals surface area contributed by atoms with Gasteiger partial charge in [-0.15, -0.1) is 0 Å². The van der Waals surface area contributed by atoms with Gasteiger partial charge in [0, 0.05) is 12.4 Å². The Morgan fingerprint density at radius 3 is 2.83 bits per heavy atom. The smallest absolute Gasteiger partial charge is 0.312 e. The number of carbonyl (C=O) groups excluding carboxylic acids is 1. The molecule has 96 valence electrons. The zero-order valence-corrected chi connectivity index (χ0v) is 11.2. The largest absolute Gasteiger partial charge is 0.460 e. The maximum Gasteiger partial charge on any atom is 0.312 e. The lowest BCUT2D eigenvalue weighted by molar-refractivity contribution is -0.153. The van der Waals surface area contributed by atoms with E-state index in [1.165, 1.54) is 0 Å². The zero-order chi connectivity index (χ0) is 13.3. The summed E-state index contributed by atoms with van der Waals surface area (Å²) in [6.07, 6.45) is 4.01. The lowest BCUT2D eigenvalue weighted by atomic mass is 10.2. The average molecular weight is 246 g/mol. The quantitative estimate of drug-likeness (QED) is 0.765. The van der Waals surface area contributed by atoms with Crippen molar-refractivity contribution in [3.63, 3.8) is 0 Å². The van der Waals surface area contributed by atoms with E-state index in [4.69, 9.17) is 4.74 Å². The third-order valence-corrected chi connectivity index (χ3v) is 2.41. The lowest BCUT2D eigenvalue weighted by Gasteiger charge is -2.18. The molecule has 0 bridgehead atoms. The maximum absolute atomic E-state index is 11.7. The van der Waals surface area contributed by atoms with Crippen LogP contribution >= 0.6 is 0 Å². The van der Waals surface area contributed by atoms with Crippen LogP contribution in [-0.4, -0.2) is 21.0 Å². The molecule has 0 unspecified atom stereocenters. The van der Waals surface area contributed by atoms with Crippen LogP contribution in [0.5, 0.6) is 0 Å². The van der Waals surface area contributed by atoms with Crippen molar-refractivity contribution in [2.75, 3.05) is 0 Å². The molecular formula is C14H18N2O2. The Kier molecular flexibility index (Phi) is 3.11. The number of pyridine rings is 1. The van der Waals surface area contributed by atoms with E-state index in [1.807, 2.05) is 56.6 Å². The van der Waals surface area contributed by atoms with Crippen molar-refractivity contribution < 1.29 is 9.53 Å². The summed E-state index contributed by atoms with van der Waals surface area (Å²) in [5.74, 6) is -0.248. The zero-order valence-electron chi connectivity index (χ0n) is 11.2. The van der Waals surface area contributed by atoms with Crippen molar-refractivity contribution in [2.24, 2.45) is 0 Å². The summed E-state index contributed by atoms with van der Waals surface area (Å²) in [7, 11) is 0. The number of carbonyl (C=O) groups is 1. The van der Waals surface area contributed by atoms with Crippen LogP contribution in [0, 0.1) is 6.92 Å². The fraction of sp³-hybridized carbons (Fsp3) is 0.429. The topological polar surface area (TPSA) is 43.6 Å². The van der Waals surface area contributed by atoms with Crippen LogP contribution in [0.3, 0.4) is 0 Å². The number of fused-ring (bicyclic) bond motifs is 1. The average Bonchev–Trinajstić information content (AvgIpc) is 2.55. The number of imidazole rings is 1. The molecule has 2 aromatic heterocycles. The Labute approximate surface area is 107 Å². The van der Waals surface area contributed by atoms with Crippen LogP contribution in [0.2, 0.25) is 0 Å². The summed E-state index contributed by atoms with van der Waals surface area (Å²) < 4.78 is 7.18. The first-order valence-electron chi connectivity index (χ1n) is 5.99. The van der Waals surface area contributed by atoms with E-state index < -0.39 is 5.60 Å². The van der Waals surface area contributed by atoms with E-state index in [9.17, 15) is 4.79 Å². The molecule has 0 saturated carbocycles. The summed E-state index contributed by atoms with van der Waals surface area (Å²) in [6.45, 7) is 7.59. The van der Waals surface area contributed by atoms with Gasteiger partial charge in [-0.2, -0.15) is 0 Å². The Morgan fingerprint density at radius 1 is 1.44 bits per heavy atom. The summed E-state index contributed by atoms with van der Waals surface area (Å²) in [6, 6.07) is 3.99. The molecule has 0 atom stereocenters.